The number of hydrazone groups is 1. The molecule has 0 aromatic heterocycles. The maximum Gasteiger partial charge on any atom is 0.114 e. The van der Waals surface area contributed by atoms with E-state index in [0.29, 0.717) is 0 Å². The Bertz CT molecular complexity index is 142. The van der Waals surface area contributed by atoms with Gasteiger partial charge in [-0.2, -0.15) is 5.10 Å². The Balaban J connectivity index is 2.59. The Morgan fingerprint density at radius 3 is 3.00 bits per heavy atom. The molecule has 1 N–H and O–H groups in total. The molecule has 1 unspecified atom stereocenters. The molecule has 0 bridgehead atoms. The Morgan fingerprint density at radius 1 is 1.86 bits per heavy atom. The quantitative estimate of drug-likeness (QED) is 0.399. The molecule has 0 aromatic rings. The van der Waals surface area contributed by atoms with Crippen LogP contribution >= 0.6 is 15.9 Å². The molecule has 0 aliphatic carbocycles. The van der Waals surface area contributed by atoms with Gasteiger partial charge in [-0.05, 0) is 0 Å². The first-order valence-electron chi connectivity index (χ1n) is 1.82. The average molecular weight is 159 g/mol. The molecule has 3 heteroatoms. The molecule has 0 saturated heterocycles. The minimum absolute atomic E-state index is 0.133. The molecule has 1 atom stereocenters. The smallest absolute Gasteiger partial charge is 0.114 e. The van der Waals surface area contributed by atoms with Crippen LogP contribution in [0.3, 0.4) is 0 Å². The molecule has 1 rings (SSSR count). The van der Waals surface area contributed by atoms with Gasteiger partial charge in [0.15, 0.2) is 0 Å². The van der Waals surface area contributed by atoms with E-state index >= 15 is 0 Å². The van der Waals surface area contributed by atoms with Gasteiger partial charge >= 0.3 is 0 Å². The van der Waals surface area contributed by atoms with E-state index in [-0.39, 0.29) is 4.83 Å². The van der Waals surface area contributed by atoms with Crippen molar-refractivity contribution >= 4 is 22.1 Å². The van der Waals surface area contributed by atoms with Crippen LogP contribution in [0, 0.1) is 12.0 Å². The first kappa shape index (κ1) is 4.66. The molecule has 0 saturated carbocycles. The second-order valence-electron chi connectivity index (χ2n) is 1.06. The van der Waals surface area contributed by atoms with Gasteiger partial charge in [-0.3, -0.25) is 0 Å². The molecule has 0 amide bonds. The topological polar surface area (TPSA) is 24.4 Å². The number of nitrogens with one attached hydrogen (secondary N) is 1. The fourth-order valence-corrected chi connectivity index (χ4v) is 0.506. The van der Waals surface area contributed by atoms with E-state index in [2.05, 4.69) is 38.4 Å². The van der Waals surface area contributed by atoms with Crippen molar-refractivity contribution in [3.05, 3.63) is 0 Å². The predicted molar refractivity (Wildman–Crippen MR) is 32.1 cm³/mol. The summed E-state index contributed by atoms with van der Waals surface area (Å²) in [5, 5.41) is 3.66. The summed E-state index contributed by atoms with van der Waals surface area (Å²) in [7, 11) is 0. The van der Waals surface area contributed by atoms with E-state index in [0.717, 1.165) is 0 Å². The van der Waals surface area contributed by atoms with Gasteiger partial charge in [0.1, 0.15) is 4.83 Å². The van der Waals surface area contributed by atoms with Crippen LogP contribution in [0.15, 0.2) is 5.10 Å². The molecule has 1 heterocycles. The fraction of sp³-hybridized carbons (Fsp3) is 0.250. The van der Waals surface area contributed by atoms with E-state index in [1.54, 1.807) is 6.21 Å². The van der Waals surface area contributed by atoms with Gasteiger partial charge < -0.3 is 0 Å². The Morgan fingerprint density at radius 2 is 2.71 bits per heavy atom. The van der Waals surface area contributed by atoms with E-state index in [1.165, 1.54) is 0 Å². The van der Waals surface area contributed by atoms with Gasteiger partial charge in [-0.15, -0.1) is 0 Å². The second kappa shape index (κ2) is 1.99. The average Bonchev–Trinajstić information content (AvgIpc) is 1.69. The lowest BCUT2D eigenvalue weighted by atomic mass is 10.5. The van der Waals surface area contributed by atoms with Crippen LogP contribution in [-0.4, -0.2) is 11.0 Å². The highest BCUT2D eigenvalue weighted by Crippen LogP contribution is 1.93. The van der Waals surface area contributed by atoms with E-state index < -0.39 is 0 Å². The van der Waals surface area contributed by atoms with Crippen LogP contribution in [0.25, 0.3) is 0 Å². The lowest BCUT2D eigenvalue weighted by Gasteiger charge is -1.94. The SMILES string of the molecule is BrC1C#CNN=C1. The zero-order valence-electron chi connectivity index (χ0n) is 3.48. The summed E-state index contributed by atoms with van der Waals surface area (Å²) in [6, 6.07) is 2.59. The second-order valence-corrected chi connectivity index (χ2v) is 2.05. The Labute approximate surface area is 50.1 Å². The molecule has 1 aliphatic rings. The van der Waals surface area contributed by atoms with E-state index in [1.807, 2.05) is 0 Å². The first-order chi connectivity index (χ1) is 3.39. The number of rotatable bonds is 0. The zero-order chi connectivity index (χ0) is 5.11. The third kappa shape index (κ3) is 1.20. The molecule has 0 fully saturated rings. The number of hydrogen-bond donors (Lipinski definition) is 1. The van der Waals surface area contributed by atoms with Gasteiger partial charge in [0.05, 0.1) is 6.21 Å². The van der Waals surface area contributed by atoms with Gasteiger partial charge in [-0.25, -0.2) is 5.43 Å². The Hall–Kier alpha value is -0.490. The van der Waals surface area contributed by atoms with Gasteiger partial charge in [0.25, 0.3) is 0 Å². The third-order valence-electron chi connectivity index (χ3n) is 0.536. The highest BCUT2D eigenvalue weighted by molar-refractivity contribution is 9.10. The standard InChI is InChI=1S/C4H3BrN2/c5-4-1-2-6-7-3-4/h3-4,6H. The largest absolute Gasteiger partial charge is 0.236 e. The van der Waals surface area contributed by atoms with Crippen molar-refractivity contribution in [3.8, 4) is 12.0 Å². The summed E-state index contributed by atoms with van der Waals surface area (Å²) in [6.45, 7) is 0. The molecule has 0 radical (unpaired) electrons. The molecule has 7 heavy (non-hydrogen) atoms. The summed E-state index contributed by atoms with van der Waals surface area (Å²) >= 11 is 3.23. The first-order valence-corrected chi connectivity index (χ1v) is 2.74. The van der Waals surface area contributed by atoms with Crippen LogP contribution in [0.1, 0.15) is 0 Å². The molecule has 36 valence electrons. The van der Waals surface area contributed by atoms with Crippen molar-refractivity contribution in [2.24, 2.45) is 5.10 Å². The highest BCUT2D eigenvalue weighted by Gasteiger charge is 1.92. The molecular weight excluding hydrogens is 156 g/mol. The van der Waals surface area contributed by atoms with Crippen molar-refractivity contribution in [3.63, 3.8) is 0 Å². The minimum atomic E-state index is 0.133. The molecule has 1 aliphatic heterocycles. The van der Waals surface area contributed by atoms with Crippen LogP contribution in [0.4, 0.5) is 0 Å². The van der Waals surface area contributed by atoms with Crippen LogP contribution < -0.4 is 5.43 Å². The number of nitrogens with zero attached hydrogens (tertiary/aromatic N) is 1. The summed E-state index contributed by atoms with van der Waals surface area (Å²) in [5.41, 5.74) is 2.49. The maximum atomic E-state index is 3.66. The third-order valence-corrected chi connectivity index (χ3v) is 1.00. The number of alkyl halides is 1. The zero-order valence-corrected chi connectivity index (χ0v) is 5.07. The summed E-state index contributed by atoms with van der Waals surface area (Å²) in [4.78, 5) is 0.133. The van der Waals surface area contributed by atoms with Gasteiger partial charge in [-0.1, -0.05) is 21.9 Å². The van der Waals surface area contributed by atoms with Gasteiger partial charge in [0.2, 0.25) is 0 Å². The minimum Gasteiger partial charge on any atom is -0.236 e. The lowest BCUT2D eigenvalue weighted by molar-refractivity contribution is 1.00. The monoisotopic (exact) mass is 158 g/mol. The predicted octanol–water partition coefficient (Wildman–Crippen LogP) is 0.300. The van der Waals surface area contributed by atoms with E-state index in [4.69, 9.17) is 0 Å². The van der Waals surface area contributed by atoms with Crippen molar-refractivity contribution in [2.75, 3.05) is 0 Å². The van der Waals surface area contributed by atoms with Crippen LogP contribution in [0.5, 0.6) is 0 Å². The van der Waals surface area contributed by atoms with Crippen molar-refractivity contribution < 1.29 is 0 Å². The molecular formula is C4H3BrN2. The normalized spacial score (nSPS) is 25.0. The summed E-state index contributed by atoms with van der Waals surface area (Å²) in [6.07, 6.45) is 1.69. The molecule has 0 aromatic carbocycles. The summed E-state index contributed by atoms with van der Waals surface area (Å²) < 4.78 is 0. The fourth-order valence-electron chi connectivity index (χ4n) is 0.273. The van der Waals surface area contributed by atoms with Crippen LogP contribution in [0.2, 0.25) is 0 Å². The molecule has 2 nitrogen and oxygen atoms in total. The highest BCUT2D eigenvalue weighted by atomic mass is 79.9. The van der Waals surface area contributed by atoms with Crippen LogP contribution in [-0.2, 0) is 0 Å². The van der Waals surface area contributed by atoms with Crippen molar-refractivity contribution in [1.82, 2.24) is 5.43 Å². The van der Waals surface area contributed by atoms with Crippen molar-refractivity contribution in [2.45, 2.75) is 4.83 Å². The lowest BCUT2D eigenvalue weighted by Crippen LogP contribution is -2.07. The van der Waals surface area contributed by atoms with Gasteiger partial charge in [0, 0.05) is 6.04 Å². The Kier molecular flexibility index (Phi) is 1.32. The number of hydrogen-bond acceptors (Lipinski definition) is 2. The van der Waals surface area contributed by atoms with E-state index in [9.17, 15) is 0 Å². The van der Waals surface area contributed by atoms with Crippen molar-refractivity contribution in [1.29, 1.82) is 0 Å². The summed E-state index contributed by atoms with van der Waals surface area (Å²) in [5.74, 6) is 2.79. The number of halogens is 1. The maximum absolute atomic E-state index is 3.66. The molecule has 0 spiro atoms.